The Kier molecular flexibility index (Phi) is 4.55. The number of ketones is 2. The summed E-state index contributed by atoms with van der Waals surface area (Å²) >= 11 is 6.46. The largest absolute Gasteiger partial charge is 0.352 e. The number of carbonyl (C=O) groups excluding carboxylic acids is 3. The molecule has 1 spiro atoms. The molecule has 4 atom stereocenters. The van der Waals surface area contributed by atoms with Gasteiger partial charge in [0.25, 0.3) is 0 Å². The van der Waals surface area contributed by atoms with E-state index >= 15 is 0 Å². The van der Waals surface area contributed by atoms with E-state index in [1.54, 1.807) is 24.3 Å². The van der Waals surface area contributed by atoms with Gasteiger partial charge in [0, 0.05) is 16.9 Å². The molecule has 0 radical (unpaired) electrons. The van der Waals surface area contributed by atoms with Crippen molar-refractivity contribution in [3.05, 3.63) is 101 Å². The number of para-hydroxylation sites is 2. The number of Topliss-reactive ketones (excluding diaryl/α,β-unsaturated/α-hetero) is 2. The molecule has 6 rings (SSSR count). The number of carbonyl (C=O) groups is 3. The van der Waals surface area contributed by atoms with E-state index < -0.39 is 23.4 Å². The number of nitrogens with one attached hydrogen (secondary N) is 1. The Balaban J connectivity index is 1.68. The van der Waals surface area contributed by atoms with Gasteiger partial charge in [-0.3, -0.25) is 14.4 Å². The number of benzene rings is 3. The Morgan fingerprint density at radius 1 is 0.971 bits per heavy atom. The molecule has 0 aliphatic carbocycles. The summed E-state index contributed by atoms with van der Waals surface area (Å²) in [5.74, 6) is -1.72. The van der Waals surface area contributed by atoms with Crippen LogP contribution in [0.1, 0.15) is 28.4 Å². The second-order valence-electron chi connectivity index (χ2n) is 9.02. The molecular formula is C28H21ClN2O3. The van der Waals surface area contributed by atoms with E-state index in [0.717, 1.165) is 16.8 Å². The van der Waals surface area contributed by atoms with E-state index in [1.165, 1.54) is 6.92 Å². The molecule has 168 valence electrons. The van der Waals surface area contributed by atoms with E-state index in [2.05, 4.69) is 5.32 Å². The number of rotatable bonds is 3. The zero-order chi connectivity index (χ0) is 23.6. The standard InChI is InChI=1S/C28H21ClN2O3/c1-16(32)25-24(26(33)18-9-3-5-11-20(18)29)28(19-10-4-6-12-21(19)30-27(28)34)23-15-14-17-8-2-7-13-22(17)31(23)25/h2-15,23-25H,1H3,(H,30,34)/t23-,24+,25+,28-/m0/s1. The van der Waals surface area contributed by atoms with Crippen LogP contribution in [-0.2, 0) is 15.0 Å². The van der Waals surface area contributed by atoms with Crippen LogP contribution in [0.15, 0.2) is 78.9 Å². The summed E-state index contributed by atoms with van der Waals surface area (Å²) in [5.41, 5.74) is 2.20. The molecule has 3 aromatic rings. The molecule has 1 fully saturated rings. The molecule has 1 N–H and O–H groups in total. The Morgan fingerprint density at radius 3 is 2.47 bits per heavy atom. The van der Waals surface area contributed by atoms with Gasteiger partial charge in [0.05, 0.1) is 23.0 Å². The summed E-state index contributed by atoms with van der Waals surface area (Å²) in [6, 6.07) is 20.7. The molecule has 3 aromatic carbocycles. The van der Waals surface area contributed by atoms with Gasteiger partial charge in [0.1, 0.15) is 5.41 Å². The van der Waals surface area contributed by atoms with Crippen molar-refractivity contribution in [1.29, 1.82) is 0 Å². The van der Waals surface area contributed by atoms with Gasteiger partial charge in [-0.1, -0.05) is 72.3 Å². The minimum absolute atomic E-state index is 0.172. The van der Waals surface area contributed by atoms with Crippen molar-refractivity contribution in [3.63, 3.8) is 0 Å². The predicted molar refractivity (Wildman–Crippen MR) is 132 cm³/mol. The van der Waals surface area contributed by atoms with Gasteiger partial charge < -0.3 is 10.2 Å². The topological polar surface area (TPSA) is 66.5 Å². The quantitative estimate of drug-likeness (QED) is 0.555. The van der Waals surface area contributed by atoms with Crippen molar-refractivity contribution in [1.82, 2.24) is 0 Å². The molecule has 34 heavy (non-hydrogen) atoms. The summed E-state index contributed by atoms with van der Waals surface area (Å²) in [5, 5.41) is 3.30. The number of anilines is 2. The number of hydrogen-bond acceptors (Lipinski definition) is 4. The third-order valence-electron chi connectivity index (χ3n) is 7.38. The SMILES string of the molecule is CC(=O)[C@@H]1[C@H](C(=O)c2ccccc2Cl)[C@@]2(C(=O)Nc3ccccc32)[C@@H]2C=Cc3ccccc3N12. The maximum atomic E-state index is 14.3. The van der Waals surface area contributed by atoms with Gasteiger partial charge in [0.2, 0.25) is 5.91 Å². The van der Waals surface area contributed by atoms with Crippen molar-refractivity contribution >= 4 is 46.5 Å². The number of hydrogen-bond donors (Lipinski definition) is 1. The number of amides is 1. The van der Waals surface area contributed by atoms with E-state index in [-0.39, 0.29) is 17.5 Å². The van der Waals surface area contributed by atoms with Gasteiger partial charge in [-0.05, 0) is 42.3 Å². The molecule has 0 bridgehead atoms. The first kappa shape index (κ1) is 20.9. The predicted octanol–water partition coefficient (Wildman–Crippen LogP) is 4.90. The Hall–Kier alpha value is -3.70. The van der Waals surface area contributed by atoms with Crippen molar-refractivity contribution in [2.24, 2.45) is 5.92 Å². The highest BCUT2D eigenvalue weighted by Gasteiger charge is 2.69. The molecule has 1 amide bonds. The Bertz CT molecular complexity index is 1410. The minimum atomic E-state index is -1.28. The molecule has 6 heteroatoms. The average molecular weight is 469 g/mol. The van der Waals surface area contributed by atoms with Crippen LogP contribution < -0.4 is 10.2 Å². The highest BCUT2D eigenvalue weighted by atomic mass is 35.5. The van der Waals surface area contributed by atoms with Crippen LogP contribution in [0.3, 0.4) is 0 Å². The lowest BCUT2D eigenvalue weighted by Gasteiger charge is -2.37. The molecule has 0 unspecified atom stereocenters. The fraction of sp³-hybridized carbons (Fsp3) is 0.179. The fourth-order valence-corrected chi connectivity index (χ4v) is 6.33. The molecule has 0 aromatic heterocycles. The highest BCUT2D eigenvalue weighted by Crippen LogP contribution is 2.57. The van der Waals surface area contributed by atoms with E-state index in [4.69, 9.17) is 11.6 Å². The van der Waals surface area contributed by atoms with Crippen molar-refractivity contribution in [3.8, 4) is 0 Å². The number of halogens is 1. The molecule has 0 saturated carbocycles. The van der Waals surface area contributed by atoms with E-state index in [9.17, 15) is 14.4 Å². The lowest BCUT2D eigenvalue weighted by atomic mass is 9.64. The summed E-state index contributed by atoms with van der Waals surface area (Å²) in [7, 11) is 0. The zero-order valence-corrected chi connectivity index (χ0v) is 19.1. The first-order valence-electron chi connectivity index (χ1n) is 11.2. The lowest BCUT2D eigenvalue weighted by molar-refractivity contribution is -0.122. The lowest BCUT2D eigenvalue weighted by Crippen LogP contribution is -2.51. The first-order chi connectivity index (χ1) is 16.5. The highest BCUT2D eigenvalue weighted by molar-refractivity contribution is 6.34. The molecule has 1 saturated heterocycles. The van der Waals surface area contributed by atoms with Crippen LogP contribution in [-0.4, -0.2) is 29.6 Å². The maximum Gasteiger partial charge on any atom is 0.238 e. The van der Waals surface area contributed by atoms with Gasteiger partial charge >= 0.3 is 0 Å². The second-order valence-corrected chi connectivity index (χ2v) is 9.42. The van der Waals surface area contributed by atoms with Gasteiger partial charge in [-0.2, -0.15) is 0 Å². The van der Waals surface area contributed by atoms with Crippen LogP contribution in [0.25, 0.3) is 6.08 Å². The summed E-state index contributed by atoms with van der Waals surface area (Å²) in [4.78, 5) is 43.5. The average Bonchev–Trinajstić information content (AvgIpc) is 3.32. The third-order valence-corrected chi connectivity index (χ3v) is 7.71. The normalized spacial score (nSPS) is 26.1. The monoisotopic (exact) mass is 468 g/mol. The number of nitrogens with zero attached hydrogens (tertiary/aromatic N) is 1. The molecule has 3 aliphatic rings. The molecular weight excluding hydrogens is 448 g/mol. The van der Waals surface area contributed by atoms with Crippen molar-refractivity contribution in [2.45, 2.75) is 24.4 Å². The maximum absolute atomic E-state index is 14.3. The van der Waals surface area contributed by atoms with Crippen LogP contribution in [0, 0.1) is 5.92 Å². The smallest absolute Gasteiger partial charge is 0.238 e. The van der Waals surface area contributed by atoms with Gasteiger partial charge in [0.15, 0.2) is 11.6 Å². The minimum Gasteiger partial charge on any atom is -0.352 e. The van der Waals surface area contributed by atoms with Crippen molar-refractivity contribution in [2.75, 3.05) is 10.2 Å². The molecule has 3 heterocycles. The summed E-state index contributed by atoms with van der Waals surface area (Å²) in [6.45, 7) is 1.49. The van der Waals surface area contributed by atoms with Gasteiger partial charge in [-0.25, -0.2) is 0 Å². The first-order valence-corrected chi connectivity index (χ1v) is 11.6. The van der Waals surface area contributed by atoms with Crippen LogP contribution >= 0.6 is 11.6 Å². The van der Waals surface area contributed by atoms with E-state index in [0.29, 0.717) is 16.3 Å². The fourth-order valence-electron chi connectivity index (χ4n) is 6.10. The van der Waals surface area contributed by atoms with Crippen LogP contribution in [0.4, 0.5) is 11.4 Å². The van der Waals surface area contributed by atoms with Crippen molar-refractivity contribution < 1.29 is 14.4 Å². The zero-order valence-electron chi connectivity index (χ0n) is 18.4. The van der Waals surface area contributed by atoms with Gasteiger partial charge in [-0.15, -0.1) is 0 Å². The Labute approximate surface area is 202 Å². The summed E-state index contributed by atoms with van der Waals surface area (Å²) in [6.07, 6.45) is 3.94. The van der Waals surface area contributed by atoms with Crippen LogP contribution in [0.5, 0.6) is 0 Å². The Morgan fingerprint density at radius 2 is 1.68 bits per heavy atom. The number of fused-ring (bicyclic) bond motifs is 6. The molecule has 5 nitrogen and oxygen atoms in total. The van der Waals surface area contributed by atoms with Crippen LogP contribution in [0.2, 0.25) is 5.02 Å². The second kappa shape index (κ2) is 7.40. The summed E-state index contributed by atoms with van der Waals surface area (Å²) < 4.78 is 0. The van der Waals surface area contributed by atoms with E-state index in [1.807, 2.05) is 65.6 Å². The third kappa shape index (κ3) is 2.59. The molecule has 3 aliphatic heterocycles.